The van der Waals surface area contributed by atoms with Crippen molar-refractivity contribution in [3.05, 3.63) is 84.4 Å². The topological polar surface area (TPSA) is 30.5 Å². The maximum atomic E-state index is 6.21. The lowest BCUT2D eigenvalue weighted by Gasteiger charge is -2.16. The minimum atomic E-state index is 0.368. The van der Waals surface area contributed by atoms with Crippen molar-refractivity contribution in [1.29, 1.82) is 0 Å². The van der Waals surface area contributed by atoms with Crippen LogP contribution in [-0.2, 0) is 13.2 Å². The van der Waals surface area contributed by atoms with Crippen LogP contribution in [0, 0.1) is 3.57 Å². The van der Waals surface area contributed by atoms with Crippen LogP contribution in [0.2, 0.25) is 15.1 Å². The van der Waals surface area contributed by atoms with E-state index in [9.17, 15) is 0 Å². The Kier molecular flexibility index (Phi) is 7.57. The summed E-state index contributed by atoms with van der Waals surface area (Å²) < 4.78 is 12.5. The van der Waals surface area contributed by atoms with Crippen molar-refractivity contribution >= 4 is 63.1 Å². The summed E-state index contributed by atoms with van der Waals surface area (Å²) in [5, 5.41) is 5.06. The number of anilines is 1. The van der Waals surface area contributed by atoms with E-state index >= 15 is 0 Å². The van der Waals surface area contributed by atoms with E-state index in [-0.39, 0.29) is 0 Å². The highest BCUT2D eigenvalue weighted by Gasteiger charge is 2.13. The first-order valence-electron chi connectivity index (χ1n) is 8.39. The van der Waals surface area contributed by atoms with Crippen molar-refractivity contribution in [2.75, 3.05) is 12.4 Å². The molecule has 0 aliphatic carbocycles. The Morgan fingerprint density at radius 3 is 2.43 bits per heavy atom. The zero-order valence-corrected chi connectivity index (χ0v) is 19.4. The lowest BCUT2D eigenvalue weighted by molar-refractivity contribution is 0.282. The van der Waals surface area contributed by atoms with E-state index < -0.39 is 0 Å². The number of methoxy groups -OCH3 is 1. The van der Waals surface area contributed by atoms with Gasteiger partial charge in [0.25, 0.3) is 0 Å². The fourth-order valence-corrected chi connectivity index (χ4v) is 3.90. The molecule has 0 saturated heterocycles. The van der Waals surface area contributed by atoms with Gasteiger partial charge in [0.05, 0.1) is 20.7 Å². The van der Waals surface area contributed by atoms with Gasteiger partial charge >= 0.3 is 0 Å². The Bertz CT molecular complexity index is 982. The average Bonchev–Trinajstić information content (AvgIpc) is 2.68. The molecule has 1 N–H and O–H groups in total. The van der Waals surface area contributed by atoms with Crippen LogP contribution in [0.15, 0.2) is 54.6 Å². The van der Waals surface area contributed by atoms with Gasteiger partial charge in [0, 0.05) is 22.8 Å². The third-order valence-electron chi connectivity index (χ3n) is 4.04. The van der Waals surface area contributed by atoms with Crippen LogP contribution in [-0.4, -0.2) is 7.11 Å². The van der Waals surface area contributed by atoms with Crippen molar-refractivity contribution in [3.63, 3.8) is 0 Å². The van der Waals surface area contributed by atoms with Crippen LogP contribution in [0.1, 0.15) is 11.1 Å². The molecular formula is C21H17Cl3INO2. The third-order valence-corrected chi connectivity index (χ3v) is 5.94. The summed E-state index contributed by atoms with van der Waals surface area (Å²) in [5.41, 5.74) is 2.87. The Labute approximate surface area is 193 Å². The standard InChI is InChI=1S/C21H17Cl3INO2/c1-27-20-9-13(11-26-15-6-7-17(23)18(24)10-15)8-19(25)21(20)28-12-14-4-2-3-5-16(14)22/h2-10,26H,11-12H2,1H3. The molecule has 0 aliphatic rings. The molecule has 0 fully saturated rings. The molecule has 0 saturated carbocycles. The minimum Gasteiger partial charge on any atom is -0.493 e. The molecular weight excluding hydrogens is 531 g/mol. The first-order valence-corrected chi connectivity index (χ1v) is 10.6. The summed E-state index contributed by atoms with van der Waals surface area (Å²) in [6.07, 6.45) is 0. The van der Waals surface area contributed by atoms with Gasteiger partial charge in [-0.3, -0.25) is 0 Å². The molecule has 0 unspecified atom stereocenters. The number of halogens is 4. The monoisotopic (exact) mass is 547 g/mol. The van der Waals surface area contributed by atoms with Crippen molar-refractivity contribution < 1.29 is 9.47 Å². The van der Waals surface area contributed by atoms with Crippen LogP contribution in [0.25, 0.3) is 0 Å². The predicted octanol–water partition coefficient (Wildman–Crippen LogP) is 7.45. The second-order valence-electron chi connectivity index (χ2n) is 5.97. The highest BCUT2D eigenvalue weighted by molar-refractivity contribution is 14.1. The van der Waals surface area contributed by atoms with Gasteiger partial charge in [-0.1, -0.05) is 53.0 Å². The molecule has 0 spiro atoms. The van der Waals surface area contributed by atoms with Gasteiger partial charge in [-0.25, -0.2) is 0 Å². The van der Waals surface area contributed by atoms with E-state index in [2.05, 4.69) is 34.0 Å². The Morgan fingerprint density at radius 1 is 0.929 bits per heavy atom. The lowest BCUT2D eigenvalue weighted by Crippen LogP contribution is -2.04. The SMILES string of the molecule is COc1cc(CNc2ccc(Cl)c(Cl)c2)cc(I)c1OCc1ccccc1Cl. The summed E-state index contributed by atoms with van der Waals surface area (Å²) in [6, 6.07) is 17.1. The fraction of sp³-hybridized carbons (Fsp3) is 0.143. The molecule has 0 atom stereocenters. The van der Waals surface area contributed by atoms with Crippen molar-refractivity contribution in [2.24, 2.45) is 0 Å². The quantitative estimate of drug-likeness (QED) is 0.311. The molecule has 3 aromatic carbocycles. The summed E-state index contributed by atoms with van der Waals surface area (Å²) in [7, 11) is 1.63. The number of hydrogen-bond donors (Lipinski definition) is 1. The van der Waals surface area contributed by atoms with Crippen LogP contribution in [0.4, 0.5) is 5.69 Å². The molecule has 28 heavy (non-hydrogen) atoms. The van der Waals surface area contributed by atoms with Gasteiger partial charge in [-0.15, -0.1) is 0 Å². The zero-order valence-electron chi connectivity index (χ0n) is 14.9. The molecule has 7 heteroatoms. The van der Waals surface area contributed by atoms with E-state index in [1.807, 2.05) is 36.4 Å². The van der Waals surface area contributed by atoms with E-state index in [0.29, 0.717) is 39.7 Å². The second kappa shape index (κ2) is 9.92. The van der Waals surface area contributed by atoms with E-state index in [0.717, 1.165) is 20.4 Å². The van der Waals surface area contributed by atoms with E-state index in [1.54, 1.807) is 19.2 Å². The van der Waals surface area contributed by atoms with Gasteiger partial charge in [0.15, 0.2) is 11.5 Å². The Balaban J connectivity index is 1.73. The fourth-order valence-electron chi connectivity index (χ4n) is 2.59. The molecule has 0 amide bonds. The Hall–Kier alpha value is -1.34. The molecule has 146 valence electrons. The number of rotatable bonds is 7. The maximum Gasteiger partial charge on any atom is 0.174 e. The molecule has 0 heterocycles. The van der Waals surface area contributed by atoms with Crippen LogP contribution in [0.3, 0.4) is 0 Å². The molecule has 0 aliphatic heterocycles. The third kappa shape index (κ3) is 5.38. The van der Waals surface area contributed by atoms with Gasteiger partial charge in [0.1, 0.15) is 6.61 Å². The smallest absolute Gasteiger partial charge is 0.174 e. The molecule has 3 rings (SSSR count). The number of ether oxygens (including phenoxy) is 2. The Morgan fingerprint density at radius 2 is 1.71 bits per heavy atom. The largest absolute Gasteiger partial charge is 0.493 e. The summed E-state index contributed by atoms with van der Waals surface area (Å²) in [6.45, 7) is 0.974. The van der Waals surface area contributed by atoms with Crippen molar-refractivity contribution in [3.8, 4) is 11.5 Å². The molecule has 0 aromatic heterocycles. The number of hydrogen-bond acceptors (Lipinski definition) is 3. The van der Waals surface area contributed by atoms with Gasteiger partial charge in [-0.05, 0) is 64.6 Å². The highest BCUT2D eigenvalue weighted by atomic mass is 127. The normalized spacial score (nSPS) is 10.6. The van der Waals surface area contributed by atoms with Crippen molar-refractivity contribution in [2.45, 2.75) is 13.2 Å². The zero-order chi connectivity index (χ0) is 20.1. The van der Waals surface area contributed by atoms with Crippen LogP contribution in [0.5, 0.6) is 11.5 Å². The second-order valence-corrected chi connectivity index (χ2v) is 8.36. The number of benzene rings is 3. The number of nitrogens with one attached hydrogen (secondary N) is 1. The average molecular weight is 549 g/mol. The van der Waals surface area contributed by atoms with Crippen LogP contribution >= 0.6 is 57.4 Å². The maximum absolute atomic E-state index is 6.21. The molecule has 0 radical (unpaired) electrons. The molecule has 0 bridgehead atoms. The molecule has 3 nitrogen and oxygen atoms in total. The first-order chi connectivity index (χ1) is 13.5. The minimum absolute atomic E-state index is 0.368. The summed E-state index contributed by atoms with van der Waals surface area (Å²) in [4.78, 5) is 0. The van der Waals surface area contributed by atoms with Crippen LogP contribution < -0.4 is 14.8 Å². The first kappa shape index (κ1) is 21.4. The van der Waals surface area contributed by atoms with Gasteiger partial charge < -0.3 is 14.8 Å². The lowest BCUT2D eigenvalue weighted by atomic mass is 10.2. The van der Waals surface area contributed by atoms with Gasteiger partial charge in [0.2, 0.25) is 0 Å². The summed E-state index contributed by atoms with van der Waals surface area (Å²) >= 11 is 20.5. The van der Waals surface area contributed by atoms with Crippen molar-refractivity contribution in [1.82, 2.24) is 0 Å². The van der Waals surface area contributed by atoms with E-state index in [4.69, 9.17) is 44.3 Å². The van der Waals surface area contributed by atoms with E-state index in [1.165, 1.54) is 0 Å². The predicted molar refractivity (Wildman–Crippen MR) is 125 cm³/mol. The highest BCUT2D eigenvalue weighted by Crippen LogP contribution is 2.35. The summed E-state index contributed by atoms with van der Waals surface area (Å²) in [5.74, 6) is 1.37. The van der Waals surface area contributed by atoms with Gasteiger partial charge in [-0.2, -0.15) is 0 Å². The molecule has 3 aromatic rings.